The van der Waals surface area contributed by atoms with Crippen LogP contribution < -0.4 is 20.7 Å². The predicted octanol–water partition coefficient (Wildman–Crippen LogP) is 1.86. The van der Waals surface area contributed by atoms with E-state index in [1.165, 1.54) is 0 Å². The molecule has 35 heavy (non-hydrogen) atoms. The van der Waals surface area contributed by atoms with Crippen molar-refractivity contribution in [1.82, 2.24) is 10.6 Å². The van der Waals surface area contributed by atoms with Gasteiger partial charge in [-0.05, 0) is 36.8 Å². The summed E-state index contributed by atoms with van der Waals surface area (Å²) in [5.74, 6) is -4.38. The molecule has 0 saturated carbocycles. The van der Waals surface area contributed by atoms with E-state index < -0.39 is 53.7 Å². The Morgan fingerprint density at radius 2 is 1.77 bits per heavy atom. The monoisotopic (exact) mass is 489 g/mol. The quantitative estimate of drug-likeness (QED) is 0.512. The molecule has 4 rings (SSSR count). The molecule has 1 unspecified atom stereocenters. The zero-order valence-electron chi connectivity index (χ0n) is 18.9. The topological polar surface area (TPSA) is 115 Å². The molecular weight excluding hydrogens is 464 g/mol. The molecule has 0 aliphatic carbocycles. The van der Waals surface area contributed by atoms with E-state index in [0.29, 0.717) is 24.7 Å². The normalized spacial score (nSPS) is 20.7. The van der Waals surface area contributed by atoms with E-state index in [1.807, 2.05) is 0 Å². The minimum absolute atomic E-state index is 0.112. The van der Waals surface area contributed by atoms with Gasteiger partial charge in [-0.1, -0.05) is 12.1 Å². The highest BCUT2D eigenvalue weighted by molar-refractivity contribution is 6.04. The molecule has 1 saturated heterocycles. The highest BCUT2D eigenvalue weighted by Crippen LogP contribution is 2.28. The summed E-state index contributed by atoms with van der Waals surface area (Å²) in [5, 5.41) is 7.82. The van der Waals surface area contributed by atoms with E-state index in [4.69, 9.17) is 14.2 Å². The van der Waals surface area contributed by atoms with Crippen LogP contribution in [0.1, 0.15) is 18.9 Å². The van der Waals surface area contributed by atoms with Crippen LogP contribution in [0.5, 0.6) is 5.75 Å². The highest BCUT2D eigenvalue weighted by atomic mass is 19.1. The molecule has 0 bridgehead atoms. The number of anilines is 1. The molecule has 3 N–H and O–H groups in total. The van der Waals surface area contributed by atoms with Gasteiger partial charge in [-0.3, -0.25) is 14.4 Å². The van der Waals surface area contributed by atoms with Crippen molar-refractivity contribution in [3.63, 3.8) is 0 Å². The lowest BCUT2D eigenvalue weighted by Gasteiger charge is -2.25. The van der Waals surface area contributed by atoms with Crippen molar-refractivity contribution < 1.29 is 37.4 Å². The maximum Gasteiger partial charge on any atom is 0.250 e. The SMILES string of the molecule is C[C@H]1Oc2ccccc2NC(=O)[C@H]1NC(=O)C(CC1OCCO1)C(=O)NCc1cc(F)cc(F)c1. The summed E-state index contributed by atoms with van der Waals surface area (Å²) >= 11 is 0. The Bertz CT molecular complexity index is 1090. The fourth-order valence-corrected chi connectivity index (χ4v) is 3.90. The molecule has 9 nitrogen and oxygen atoms in total. The van der Waals surface area contributed by atoms with Gasteiger partial charge in [0, 0.05) is 19.0 Å². The first kappa shape index (κ1) is 24.6. The van der Waals surface area contributed by atoms with Crippen molar-refractivity contribution in [2.75, 3.05) is 18.5 Å². The number of hydrogen-bond donors (Lipinski definition) is 3. The van der Waals surface area contributed by atoms with E-state index >= 15 is 0 Å². The van der Waals surface area contributed by atoms with Crippen molar-refractivity contribution in [3.05, 3.63) is 59.7 Å². The lowest BCUT2D eigenvalue weighted by Crippen LogP contribution is -2.54. The van der Waals surface area contributed by atoms with Crippen LogP contribution in [-0.4, -0.2) is 49.4 Å². The second-order valence-electron chi connectivity index (χ2n) is 8.25. The number of rotatable bonds is 7. The first-order valence-electron chi connectivity index (χ1n) is 11.1. The summed E-state index contributed by atoms with van der Waals surface area (Å²) in [6, 6.07) is 8.63. The van der Waals surface area contributed by atoms with E-state index in [0.717, 1.165) is 18.2 Å². The number of halogens is 2. The minimum atomic E-state index is -1.30. The fraction of sp³-hybridized carbons (Fsp3) is 0.375. The molecule has 2 aromatic carbocycles. The van der Waals surface area contributed by atoms with Gasteiger partial charge in [0.15, 0.2) is 6.29 Å². The Morgan fingerprint density at radius 3 is 2.49 bits per heavy atom. The van der Waals surface area contributed by atoms with Crippen LogP contribution in [0, 0.1) is 17.6 Å². The number of hydrogen-bond acceptors (Lipinski definition) is 6. The van der Waals surface area contributed by atoms with Gasteiger partial charge in [-0.25, -0.2) is 8.78 Å². The molecule has 0 spiro atoms. The number of nitrogens with one attached hydrogen (secondary N) is 3. The minimum Gasteiger partial charge on any atom is -0.486 e. The van der Waals surface area contributed by atoms with Gasteiger partial charge in [0.05, 0.1) is 18.9 Å². The number of amides is 3. The number of carbonyl (C=O) groups is 3. The van der Waals surface area contributed by atoms with Crippen molar-refractivity contribution in [1.29, 1.82) is 0 Å². The van der Waals surface area contributed by atoms with E-state index in [2.05, 4.69) is 16.0 Å². The number of carbonyl (C=O) groups excluding carboxylic acids is 3. The maximum absolute atomic E-state index is 13.5. The second kappa shape index (κ2) is 10.8. The van der Waals surface area contributed by atoms with Gasteiger partial charge >= 0.3 is 0 Å². The molecular formula is C24H25F2N3O6. The number of fused-ring (bicyclic) bond motifs is 1. The Kier molecular flexibility index (Phi) is 7.57. The number of benzene rings is 2. The largest absolute Gasteiger partial charge is 0.486 e. The molecule has 0 radical (unpaired) electrons. The van der Waals surface area contributed by atoms with Gasteiger partial charge in [0.25, 0.3) is 5.91 Å². The average molecular weight is 489 g/mol. The Balaban J connectivity index is 1.46. The van der Waals surface area contributed by atoms with Crippen LogP contribution in [0.2, 0.25) is 0 Å². The molecule has 1 fully saturated rings. The average Bonchev–Trinajstić information content (AvgIpc) is 3.29. The summed E-state index contributed by atoms with van der Waals surface area (Å²) < 4.78 is 43.5. The predicted molar refractivity (Wildman–Crippen MR) is 119 cm³/mol. The smallest absolute Gasteiger partial charge is 0.250 e. The standard InChI is InChI=1S/C24H25F2N3O6/c1-13-21(24(32)28-18-4-2-3-5-19(18)35-13)29-23(31)17(11-20-33-6-7-34-20)22(30)27-12-14-8-15(25)10-16(26)9-14/h2-5,8-10,13,17,20-21H,6-7,11-12H2,1H3,(H,27,30)(H,28,32)(H,29,31)/t13-,17?,21+/m1/s1. The first-order valence-corrected chi connectivity index (χ1v) is 11.1. The van der Waals surface area contributed by atoms with Crippen LogP contribution in [0.3, 0.4) is 0 Å². The third-order valence-electron chi connectivity index (χ3n) is 5.65. The molecule has 0 aromatic heterocycles. The molecule has 2 aromatic rings. The van der Waals surface area contributed by atoms with Crippen LogP contribution in [0.4, 0.5) is 14.5 Å². The molecule has 11 heteroatoms. The molecule has 3 amide bonds. The van der Waals surface area contributed by atoms with Gasteiger partial charge in [0.2, 0.25) is 11.8 Å². The van der Waals surface area contributed by atoms with Crippen molar-refractivity contribution in [2.24, 2.45) is 5.92 Å². The van der Waals surface area contributed by atoms with E-state index in [-0.39, 0.29) is 18.5 Å². The molecule has 2 aliphatic rings. The van der Waals surface area contributed by atoms with Crippen LogP contribution in [-0.2, 0) is 30.4 Å². The van der Waals surface area contributed by atoms with E-state index in [1.54, 1.807) is 31.2 Å². The summed E-state index contributed by atoms with van der Waals surface area (Å²) in [6.45, 7) is 2.06. The third-order valence-corrected chi connectivity index (χ3v) is 5.65. The Hall–Kier alpha value is -3.57. The van der Waals surface area contributed by atoms with Crippen molar-refractivity contribution in [2.45, 2.75) is 38.3 Å². The highest BCUT2D eigenvalue weighted by Gasteiger charge is 2.37. The lowest BCUT2D eigenvalue weighted by atomic mass is 10.0. The van der Waals surface area contributed by atoms with Crippen LogP contribution in [0.25, 0.3) is 0 Å². The molecule has 2 aliphatic heterocycles. The first-order chi connectivity index (χ1) is 16.8. The van der Waals surface area contributed by atoms with Gasteiger partial charge in [0.1, 0.15) is 35.4 Å². The Labute approximate surface area is 200 Å². The van der Waals surface area contributed by atoms with Crippen LogP contribution in [0.15, 0.2) is 42.5 Å². The maximum atomic E-state index is 13.5. The number of ether oxygens (including phenoxy) is 3. The van der Waals surface area contributed by atoms with Crippen molar-refractivity contribution >= 4 is 23.4 Å². The van der Waals surface area contributed by atoms with E-state index in [9.17, 15) is 23.2 Å². The van der Waals surface area contributed by atoms with Gasteiger partial charge in [-0.2, -0.15) is 0 Å². The zero-order chi connectivity index (χ0) is 24.9. The third kappa shape index (κ3) is 6.11. The Morgan fingerprint density at radius 1 is 1.09 bits per heavy atom. The summed E-state index contributed by atoms with van der Waals surface area (Å²) in [5.41, 5.74) is 0.650. The molecule has 3 atom stereocenters. The fourth-order valence-electron chi connectivity index (χ4n) is 3.90. The van der Waals surface area contributed by atoms with Gasteiger partial charge in [-0.15, -0.1) is 0 Å². The lowest BCUT2D eigenvalue weighted by molar-refractivity contribution is -0.142. The molecule has 186 valence electrons. The number of para-hydroxylation sites is 2. The molecule has 2 heterocycles. The zero-order valence-corrected chi connectivity index (χ0v) is 18.9. The van der Waals surface area contributed by atoms with Gasteiger partial charge < -0.3 is 30.2 Å². The summed E-state index contributed by atoms with van der Waals surface area (Å²) in [4.78, 5) is 39.0. The summed E-state index contributed by atoms with van der Waals surface area (Å²) in [7, 11) is 0. The van der Waals surface area contributed by atoms with Crippen LogP contribution >= 0.6 is 0 Å². The second-order valence-corrected chi connectivity index (χ2v) is 8.25. The van der Waals surface area contributed by atoms with Crippen molar-refractivity contribution in [3.8, 4) is 5.75 Å². The summed E-state index contributed by atoms with van der Waals surface area (Å²) in [6.07, 6.45) is -1.64.